The van der Waals surface area contributed by atoms with E-state index >= 15 is 0 Å². The van der Waals surface area contributed by atoms with Gasteiger partial charge in [0.2, 0.25) is 5.91 Å². The van der Waals surface area contributed by atoms with Crippen LogP contribution in [0.2, 0.25) is 0 Å². The number of amides is 1. The zero-order valence-electron chi connectivity index (χ0n) is 11.9. The molecule has 1 aromatic rings. The van der Waals surface area contributed by atoms with Crippen LogP contribution in [-0.2, 0) is 17.4 Å². The lowest BCUT2D eigenvalue weighted by atomic mass is 10.1. The predicted molar refractivity (Wildman–Crippen MR) is 73.8 cm³/mol. The zero-order valence-corrected chi connectivity index (χ0v) is 11.9. The lowest BCUT2D eigenvalue weighted by Gasteiger charge is -2.17. The van der Waals surface area contributed by atoms with E-state index in [9.17, 15) is 18.0 Å². The molecule has 1 N–H and O–H groups in total. The minimum atomic E-state index is -4.37. The first-order valence-electron chi connectivity index (χ1n) is 6.98. The van der Waals surface area contributed by atoms with Gasteiger partial charge < -0.3 is 10.2 Å². The summed E-state index contributed by atoms with van der Waals surface area (Å²) in [5, 5.41) is 3.08. The second-order valence-electron chi connectivity index (χ2n) is 5.43. The molecule has 0 radical (unpaired) electrons. The zero-order chi connectivity index (χ0) is 15.5. The predicted octanol–water partition coefficient (Wildman–Crippen LogP) is 2.32. The highest BCUT2D eigenvalue weighted by atomic mass is 19.4. The summed E-state index contributed by atoms with van der Waals surface area (Å²) in [7, 11) is 1.87. The molecule has 1 unspecified atom stereocenters. The third-order valence-electron chi connectivity index (χ3n) is 3.74. The molecule has 1 amide bonds. The highest BCUT2D eigenvalue weighted by Crippen LogP contribution is 2.29. The van der Waals surface area contributed by atoms with Crippen LogP contribution in [-0.4, -0.2) is 37.5 Å². The van der Waals surface area contributed by atoms with Gasteiger partial charge in [-0.2, -0.15) is 13.2 Å². The minimum absolute atomic E-state index is 0.0240. The fourth-order valence-corrected chi connectivity index (χ4v) is 2.66. The molecule has 1 aliphatic rings. The summed E-state index contributed by atoms with van der Waals surface area (Å²) in [6.45, 7) is 2.22. The first-order valence-corrected chi connectivity index (χ1v) is 6.98. The first kappa shape index (κ1) is 15.8. The Labute approximate surface area is 122 Å². The van der Waals surface area contributed by atoms with Gasteiger partial charge in [-0.25, -0.2) is 0 Å². The van der Waals surface area contributed by atoms with Gasteiger partial charge in [0, 0.05) is 13.1 Å². The molecule has 0 saturated carbocycles. The average Bonchev–Trinajstić information content (AvgIpc) is 2.87. The van der Waals surface area contributed by atoms with Crippen LogP contribution in [0.5, 0.6) is 0 Å². The number of hydrogen-bond donors (Lipinski definition) is 1. The molecule has 1 aliphatic heterocycles. The van der Waals surface area contributed by atoms with Crippen molar-refractivity contribution in [3.63, 3.8) is 0 Å². The second-order valence-corrected chi connectivity index (χ2v) is 5.43. The summed E-state index contributed by atoms with van der Waals surface area (Å²) in [5.41, 5.74) is -0.297. The van der Waals surface area contributed by atoms with Crippen LogP contribution in [0.1, 0.15) is 17.5 Å². The van der Waals surface area contributed by atoms with Crippen molar-refractivity contribution >= 4 is 5.91 Å². The Morgan fingerprint density at radius 2 is 2.19 bits per heavy atom. The third kappa shape index (κ3) is 4.20. The quantitative estimate of drug-likeness (QED) is 0.925. The molecule has 1 aromatic carbocycles. The lowest BCUT2D eigenvalue weighted by molar-refractivity contribution is -0.138. The fraction of sp³-hybridized carbons (Fsp3) is 0.533. The summed E-state index contributed by atoms with van der Waals surface area (Å²) in [6.07, 6.45) is -3.41. The van der Waals surface area contributed by atoms with Gasteiger partial charge >= 0.3 is 6.18 Å². The minimum Gasteiger partial charge on any atom is -0.342 e. The number of nitrogens with one attached hydrogen (secondary N) is 1. The summed E-state index contributed by atoms with van der Waals surface area (Å²) >= 11 is 0. The Hall–Kier alpha value is -1.56. The highest BCUT2D eigenvalue weighted by molar-refractivity contribution is 5.79. The Morgan fingerprint density at radius 3 is 2.86 bits per heavy atom. The van der Waals surface area contributed by atoms with Crippen LogP contribution in [0, 0.1) is 5.92 Å². The molecule has 3 nitrogen and oxygen atoms in total. The maximum atomic E-state index is 12.6. The van der Waals surface area contributed by atoms with Gasteiger partial charge in [0.25, 0.3) is 0 Å². The molecule has 0 bridgehead atoms. The van der Waals surface area contributed by atoms with Crippen LogP contribution in [0.3, 0.4) is 0 Å². The van der Waals surface area contributed by atoms with E-state index in [0.717, 1.165) is 25.1 Å². The molecule has 2 rings (SSSR count). The van der Waals surface area contributed by atoms with E-state index in [2.05, 4.69) is 5.32 Å². The Balaban J connectivity index is 1.97. The van der Waals surface area contributed by atoms with Crippen molar-refractivity contribution < 1.29 is 18.0 Å². The van der Waals surface area contributed by atoms with E-state index in [-0.39, 0.29) is 12.3 Å². The number of halogens is 3. The molecule has 6 heteroatoms. The van der Waals surface area contributed by atoms with Gasteiger partial charge in [0.1, 0.15) is 0 Å². The van der Waals surface area contributed by atoms with Crippen LogP contribution in [0.4, 0.5) is 13.2 Å². The molecular formula is C15H19F3N2O. The molecule has 1 fully saturated rings. The fourth-order valence-electron chi connectivity index (χ4n) is 2.66. The van der Waals surface area contributed by atoms with Crippen molar-refractivity contribution in [2.75, 3.05) is 26.7 Å². The number of hydrogen-bond acceptors (Lipinski definition) is 2. The molecule has 116 valence electrons. The summed E-state index contributed by atoms with van der Waals surface area (Å²) < 4.78 is 37.9. The number of nitrogens with zero attached hydrogens (tertiary/aromatic N) is 1. The SMILES string of the molecule is CNCC1CCN(C(=O)Cc2cccc(C(F)(F)F)c2)C1. The largest absolute Gasteiger partial charge is 0.416 e. The van der Waals surface area contributed by atoms with Crippen molar-refractivity contribution in [2.24, 2.45) is 5.92 Å². The van der Waals surface area contributed by atoms with Gasteiger partial charge in [0.15, 0.2) is 0 Å². The molecule has 0 spiro atoms. The summed E-state index contributed by atoms with van der Waals surface area (Å²) in [5.74, 6) is 0.327. The average molecular weight is 300 g/mol. The van der Waals surface area contributed by atoms with Crippen molar-refractivity contribution in [1.29, 1.82) is 0 Å². The molecular weight excluding hydrogens is 281 g/mol. The van der Waals surface area contributed by atoms with Gasteiger partial charge in [-0.1, -0.05) is 18.2 Å². The number of likely N-dealkylation sites (tertiary alicyclic amines) is 1. The van der Waals surface area contributed by atoms with E-state index in [0.29, 0.717) is 24.6 Å². The normalized spacial score (nSPS) is 19.0. The Bertz CT molecular complexity index is 502. The molecule has 1 heterocycles. The maximum Gasteiger partial charge on any atom is 0.416 e. The van der Waals surface area contributed by atoms with Crippen molar-refractivity contribution in [3.05, 3.63) is 35.4 Å². The summed E-state index contributed by atoms with van der Waals surface area (Å²) in [4.78, 5) is 13.9. The monoisotopic (exact) mass is 300 g/mol. The van der Waals surface area contributed by atoms with Crippen molar-refractivity contribution in [3.8, 4) is 0 Å². The molecule has 1 atom stereocenters. The standard InChI is InChI=1S/C15H19F3N2O/c1-19-9-12-5-6-20(10-12)14(21)8-11-3-2-4-13(7-11)15(16,17)18/h2-4,7,12,19H,5-6,8-10H2,1H3. The van der Waals surface area contributed by atoms with Gasteiger partial charge in [0.05, 0.1) is 12.0 Å². The lowest BCUT2D eigenvalue weighted by Crippen LogP contribution is -2.31. The number of carbonyl (C=O) groups excluding carboxylic acids is 1. The first-order chi connectivity index (χ1) is 9.90. The van der Waals surface area contributed by atoms with Crippen LogP contribution < -0.4 is 5.32 Å². The number of benzene rings is 1. The van der Waals surface area contributed by atoms with E-state index in [4.69, 9.17) is 0 Å². The smallest absolute Gasteiger partial charge is 0.342 e. The van der Waals surface area contributed by atoms with E-state index in [1.165, 1.54) is 6.07 Å². The van der Waals surface area contributed by atoms with Gasteiger partial charge in [-0.3, -0.25) is 4.79 Å². The Kier molecular flexibility index (Phi) is 4.88. The van der Waals surface area contributed by atoms with E-state index in [1.807, 2.05) is 7.05 Å². The number of rotatable bonds is 4. The molecule has 0 aliphatic carbocycles. The van der Waals surface area contributed by atoms with Crippen LogP contribution in [0.15, 0.2) is 24.3 Å². The third-order valence-corrected chi connectivity index (χ3v) is 3.74. The van der Waals surface area contributed by atoms with Crippen molar-refractivity contribution in [2.45, 2.75) is 19.0 Å². The number of carbonyl (C=O) groups is 1. The highest BCUT2D eigenvalue weighted by Gasteiger charge is 2.31. The van der Waals surface area contributed by atoms with Crippen LogP contribution >= 0.6 is 0 Å². The molecule has 21 heavy (non-hydrogen) atoms. The second kappa shape index (κ2) is 6.47. The topological polar surface area (TPSA) is 32.3 Å². The summed E-state index contributed by atoms with van der Waals surface area (Å²) in [6, 6.07) is 4.99. The molecule has 0 aromatic heterocycles. The van der Waals surface area contributed by atoms with Crippen LogP contribution in [0.25, 0.3) is 0 Å². The van der Waals surface area contributed by atoms with E-state index < -0.39 is 11.7 Å². The van der Waals surface area contributed by atoms with Gasteiger partial charge in [-0.05, 0) is 37.6 Å². The Morgan fingerprint density at radius 1 is 1.43 bits per heavy atom. The molecule has 1 saturated heterocycles. The number of alkyl halides is 3. The van der Waals surface area contributed by atoms with Gasteiger partial charge in [-0.15, -0.1) is 0 Å². The maximum absolute atomic E-state index is 12.6. The van der Waals surface area contributed by atoms with E-state index in [1.54, 1.807) is 11.0 Å². The van der Waals surface area contributed by atoms with Crippen molar-refractivity contribution in [1.82, 2.24) is 10.2 Å².